The number of imidazole rings is 1. The average Bonchev–Trinajstić information content (AvgIpc) is 2.91. The number of nitrogens with zero attached hydrogens (tertiary/aromatic N) is 2. The third-order valence-corrected chi connectivity index (χ3v) is 4.03. The molecule has 3 heterocycles. The number of nitrogens with one attached hydrogen (secondary N) is 2. The Hall–Kier alpha value is -1.07. The number of thiazole rings is 1. The zero-order valence-corrected chi connectivity index (χ0v) is 10.2. The third kappa shape index (κ3) is 1.51. The van der Waals surface area contributed by atoms with Crippen molar-refractivity contribution in [3.8, 4) is 0 Å². The maximum Gasteiger partial charge on any atom is 0.208 e. The molecule has 2 aromatic rings. The van der Waals surface area contributed by atoms with Crippen LogP contribution in [0.3, 0.4) is 0 Å². The molecule has 0 spiro atoms. The number of rotatable bonds is 2. The molecule has 1 atom stereocenters. The zero-order valence-electron chi connectivity index (χ0n) is 9.36. The lowest BCUT2D eigenvalue weighted by Crippen LogP contribution is -2.27. The smallest absolute Gasteiger partial charge is 0.208 e. The first-order valence-electron chi connectivity index (χ1n) is 5.76. The minimum atomic E-state index is 0.435. The van der Waals surface area contributed by atoms with Crippen molar-refractivity contribution in [1.82, 2.24) is 14.7 Å². The standard InChI is InChI=1S/C11H16N4S/c1-12-11-14-9(8-4-2-3-5-13-8)10-15(11)6-7-16-10/h6-8,13H,2-5H2,1H3,(H,12,14)/t8-/m1/s1. The molecule has 1 aliphatic rings. The Balaban J connectivity index is 2.04. The van der Waals surface area contributed by atoms with Gasteiger partial charge in [0.1, 0.15) is 4.83 Å². The molecule has 2 N–H and O–H groups in total. The summed E-state index contributed by atoms with van der Waals surface area (Å²) in [7, 11) is 1.92. The van der Waals surface area contributed by atoms with Crippen molar-refractivity contribution < 1.29 is 0 Å². The number of hydrogen-bond acceptors (Lipinski definition) is 4. The van der Waals surface area contributed by atoms with Gasteiger partial charge in [0.25, 0.3) is 0 Å². The fourth-order valence-electron chi connectivity index (χ4n) is 2.34. The molecule has 5 heteroatoms. The van der Waals surface area contributed by atoms with E-state index < -0.39 is 0 Å². The Morgan fingerprint density at radius 2 is 2.50 bits per heavy atom. The molecule has 0 saturated carbocycles. The van der Waals surface area contributed by atoms with Crippen molar-refractivity contribution in [3.05, 3.63) is 17.3 Å². The van der Waals surface area contributed by atoms with Crippen LogP contribution in [0.25, 0.3) is 4.83 Å². The average molecular weight is 236 g/mol. The molecule has 86 valence electrons. The summed E-state index contributed by atoms with van der Waals surface area (Å²) in [6.07, 6.45) is 5.87. The fraction of sp³-hybridized carbons (Fsp3) is 0.545. The molecule has 0 aliphatic carbocycles. The van der Waals surface area contributed by atoms with Crippen molar-refractivity contribution >= 4 is 22.1 Å². The molecule has 3 rings (SSSR count). The predicted molar refractivity (Wildman–Crippen MR) is 67.2 cm³/mol. The maximum absolute atomic E-state index is 4.69. The maximum atomic E-state index is 4.69. The molecule has 1 saturated heterocycles. The molecule has 1 aliphatic heterocycles. The SMILES string of the molecule is CNc1nc([C@H]2CCCCN2)c2sccn12. The normalized spacial score (nSPS) is 21.4. The molecule has 0 unspecified atom stereocenters. The van der Waals surface area contributed by atoms with E-state index in [9.17, 15) is 0 Å². The van der Waals surface area contributed by atoms with E-state index in [0.29, 0.717) is 6.04 Å². The van der Waals surface area contributed by atoms with Crippen LogP contribution in [-0.2, 0) is 0 Å². The van der Waals surface area contributed by atoms with E-state index in [1.54, 1.807) is 11.3 Å². The molecule has 4 nitrogen and oxygen atoms in total. The highest BCUT2D eigenvalue weighted by Gasteiger charge is 2.21. The first-order chi connectivity index (χ1) is 7.90. The first kappa shape index (κ1) is 10.1. The minimum Gasteiger partial charge on any atom is -0.358 e. The summed E-state index contributed by atoms with van der Waals surface area (Å²) < 4.78 is 2.14. The van der Waals surface area contributed by atoms with Gasteiger partial charge in [-0.15, -0.1) is 11.3 Å². The van der Waals surface area contributed by atoms with Gasteiger partial charge in [0.15, 0.2) is 0 Å². The number of anilines is 1. The van der Waals surface area contributed by atoms with Crippen LogP contribution in [0.2, 0.25) is 0 Å². The van der Waals surface area contributed by atoms with Crippen LogP contribution in [0, 0.1) is 0 Å². The van der Waals surface area contributed by atoms with Crippen LogP contribution in [0.5, 0.6) is 0 Å². The number of aromatic nitrogens is 2. The van der Waals surface area contributed by atoms with Crippen molar-refractivity contribution in [2.24, 2.45) is 0 Å². The van der Waals surface area contributed by atoms with E-state index in [0.717, 1.165) is 12.5 Å². The Bertz CT molecular complexity index is 481. The monoisotopic (exact) mass is 236 g/mol. The van der Waals surface area contributed by atoms with Gasteiger partial charge in [0, 0.05) is 18.6 Å². The molecule has 16 heavy (non-hydrogen) atoms. The summed E-state index contributed by atoms with van der Waals surface area (Å²) in [5, 5.41) is 8.82. The van der Waals surface area contributed by atoms with Gasteiger partial charge in [-0.05, 0) is 19.4 Å². The van der Waals surface area contributed by atoms with Crippen molar-refractivity contribution in [2.75, 3.05) is 18.9 Å². The topological polar surface area (TPSA) is 41.4 Å². The van der Waals surface area contributed by atoms with E-state index in [4.69, 9.17) is 4.98 Å². The molecule has 1 fully saturated rings. The van der Waals surface area contributed by atoms with Crippen LogP contribution in [0.15, 0.2) is 11.6 Å². The summed E-state index contributed by atoms with van der Waals surface area (Å²) in [5.41, 5.74) is 1.21. The van der Waals surface area contributed by atoms with Crippen LogP contribution < -0.4 is 10.6 Å². The second-order valence-electron chi connectivity index (χ2n) is 4.15. The molecule has 0 bridgehead atoms. The van der Waals surface area contributed by atoms with Crippen LogP contribution in [0.4, 0.5) is 5.95 Å². The second kappa shape index (κ2) is 4.07. The van der Waals surface area contributed by atoms with E-state index in [-0.39, 0.29) is 0 Å². The molecular weight excluding hydrogens is 220 g/mol. The summed E-state index contributed by atoms with van der Waals surface area (Å²) in [5.74, 6) is 0.943. The van der Waals surface area contributed by atoms with E-state index in [1.165, 1.54) is 29.8 Å². The zero-order chi connectivity index (χ0) is 11.0. The Labute approximate surface area is 98.7 Å². The van der Waals surface area contributed by atoms with E-state index >= 15 is 0 Å². The lowest BCUT2D eigenvalue weighted by Gasteiger charge is -2.21. The van der Waals surface area contributed by atoms with Crippen LogP contribution in [-0.4, -0.2) is 23.0 Å². The van der Waals surface area contributed by atoms with Gasteiger partial charge < -0.3 is 10.6 Å². The summed E-state index contributed by atoms with van der Waals surface area (Å²) >= 11 is 1.76. The number of hydrogen-bond donors (Lipinski definition) is 2. The summed E-state index contributed by atoms with van der Waals surface area (Å²) in [4.78, 5) is 5.96. The van der Waals surface area contributed by atoms with Gasteiger partial charge in [-0.3, -0.25) is 4.40 Å². The Morgan fingerprint density at radius 3 is 3.25 bits per heavy atom. The molecule has 0 amide bonds. The van der Waals surface area contributed by atoms with Gasteiger partial charge in [-0.25, -0.2) is 4.98 Å². The number of fused-ring (bicyclic) bond motifs is 1. The van der Waals surface area contributed by atoms with Crippen LogP contribution >= 0.6 is 11.3 Å². The quantitative estimate of drug-likeness (QED) is 0.840. The molecule has 0 aromatic carbocycles. The highest BCUT2D eigenvalue weighted by atomic mass is 32.1. The lowest BCUT2D eigenvalue weighted by atomic mass is 10.0. The highest BCUT2D eigenvalue weighted by Crippen LogP contribution is 2.30. The van der Waals surface area contributed by atoms with Crippen LogP contribution in [0.1, 0.15) is 31.0 Å². The van der Waals surface area contributed by atoms with E-state index in [1.807, 2.05) is 7.05 Å². The number of piperidine rings is 1. The van der Waals surface area contributed by atoms with E-state index in [2.05, 4.69) is 26.6 Å². The minimum absolute atomic E-state index is 0.435. The summed E-state index contributed by atoms with van der Waals surface area (Å²) in [6.45, 7) is 1.12. The predicted octanol–water partition coefficient (Wildman–Crippen LogP) is 2.25. The van der Waals surface area contributed by atoms with Gasteiger partial charge in [-0.1, -0.05) is 6.42 Å². The van der Waals surface area contributed by atoms with Gasteiger partial charge in [0.2, 0.25) is 5.95 Å². The summed E-state index contributed by atoms with van der Waals surface area (Å²) in [6, 6.07) is 0.435. The van der Waals surface area contributed by atoms with Gasteiger partial charge in [-0.2, -0.15) is 0 Å². The fourth-order valence-corrected chi connectivity index (χ4v) is 3.22. The van der Waals surface area contributed by atoms with Crippen molar-refractivity contribution in [1.29, 1.82) is 0 Å². The lowest BCUT2D eigenvalue weighted by molar-refractivity contribution is 0.409. The van der Waals surface area contributed by atoms with Crippen molar-refractivity contribution in [3.63, 3.8) is 0 Å². The largest absolute Gasteiger partial charge is 0.358 e. The van der Waals surface area contributed by atoms with Gasteiger partial charge in [0.05, 0.1) is 11.7 Å². The molecular formula is C11H16N4S. The van der Waals surface area contributed by atoms with Gasteiger partial charge >= 0.3 is 0 Å². The molecule has 2 aromatic heterocycles. The molecule has 0 radical (unpaired) electrons. The Kier molecular flexibility index (Phi) is 2.57. The highest BCUT2D eigenvalue weighted by molar-refractivity contribution is 7.15. The second-order valence-corrected chi connectivity index (χ2v) is 5.05. The van der Waals surface area contributed by atoms with Crippen molar-refractivity contribution in [2.45, 2.75) is 25.3 Å². The third-order valence-electron chi connectivity index (χ3n) is 3.15. The Morgan fingerprint density at radius 1 is 1.56 bits per heavy atom. The first-order valence-corrected chi connectivity index (χ1v) is 6.64.